The van der Waals surface area contributed by atoms with Crippen LogP contribution in [-0.4, -0.2) is 13.9 Å². The molecule has 0 aliphatic rings. The van der Waals surface area contributed by atoms with Crippen LogP contribution in [0.5, 0.6) is 5.75 Å². The fraction of sp³-hybridized carbons (Fsp3) is 0.455. The van der Waals surface area contributed by atoms with Crippen molar-refractivity contribution >= 4 is 0 Å². The smallest absolute Gasteiger partial charge is 0.188 e. The lowest BCUT2D eigenvalue weighted by molar-refractivity contribution is 0.0506. The van der Waals surface area contributed by atoms with Crippen LogP contribution >= 0.6 is 0 Å². The fourth-order valence-corrected chi connectivity index (χ4v) is 1.24. The second-order valence-electron chi connectivity index (χ2n) is 3.36. The van der Waals surface area contributed by atoms with Gasteiger partial charge in [-0.2, -0.15) is 0 Å². The Morgan fingerprint density at radius 3 is 2.64 bits per heavy atom. The zero-order valence-electron chi connectivity index (χ0n) is 8.91. The lowest BCUT2D eigenvalue weighted by atomic mass is 10.1. The third kappa shape index (κ3) is 2.72. The molecule has 0 aliphatic carbocycles. The monoisotopic (exact) mass is 195 g/mol. The van der Waals surface area contributed by atoms with Crippen LogP contribution in [0.3, 0.4) is 0 Å². The number of hydrogen-bond donors (Lipinski definition) is 1. The predicted molar refractivity (Wildman–Crippen MR) is 56.3 cm³/mol. The minimum Gasteiger partial charge on any atom is -0.467 e. The maximum absolute atomic E-state index is 5.77. The molecule has 1 aromatic rings. The number of methoxy groups -OCH3 is 1. The van der Waals surface area contributed by atoms with Crippen molar-refractivity contribution in [3.05, 3.63) is 29.3 Å². The average molecular weight is 195 g/mol. The van der Waals surface area contributed by atoms with E-state index >= 15 is 0 Å². The highest BCUT2D eigenvalue weighted by Gasteiger charge is 2.03. The summed E-state index contributed by atoms with van der Waals surface area (Å²) in [6.45, 7) is 4.24. The molecular weight excluding hydrogens is 178 g/mol. The van der Waals surface area contributed by atoms with Crippen LogP contribution in [0, 0.1) is 6.92 Å². The first-order chi connectivity index (χ1) is 6.65. The predicted octanol–water partition coefficient (Wildman–Crippen LogP) is 2.00. The molecule has 2 N–H and O–H groups in total. The highest BCUT2D eigenvalue weighted by Crippen LogP contribution is 2.21. The van der Waals surface area contributed by atoms with Crippen molar-refractivity contribution in [1.82, 2.24) is 0 Å². The molecule has 0 aliphatic heterocycles. The molecule has 0 heterocycles. The second kappa shape index (κ2) is 4.98. The Hall–Kier alpha value is -1.06. The van der Waals surface area contributed by atoms with Crippen molar-refractivity contribution < 1.29 is 9.47 Å². The summed E-state index contributed by atoms with van der Waals surface area (Å²) in [7, 11) is 1.60. The van der Waals surface area contributed by atoms with Gasteiger partial charge in [0, 0.05) is 13.2 Å². The highest BCUT2D eigenvalue weighted by molar-refractivity contribution is 5.37. The topological polar surface area (TPSA) is 44.5 Å². The van der Waals surface area contributed by atoms with Crippen LogP contribution in [0.15, 0.2) is 18.2 Å². The first-order valence-corrected chi connectivity index (χ1v) is 4.63. The van der Waals surface area contributed by atoms with Crippen molar-refractivity contribution in [1.29, 1.82) is 0 Å². The van der Waals surface area contributed by atoms with E-state index in [0.717, 1.165) is 16.9 Å². The molecule has 0 saturated carbocycles. The van der Waals surface area contributed by atoms with Gasteiger partial charge in [0.1, 0.15) is 5.75 Å². The Morgan fingerprint density at radius 2 is 2.14 bits per heavy atom. The molecule has 14 heavy (non-hydrogen) atoms. The molecular formula is C11H17NO2. The number of aryl methyl sites for hydroxylation is 1. The summed E-state index contributed by atoms with van der Waals surface area (Å²) in [5.41, 5.74) is 7.97. The Bertz CT molecular complexity index is 297. The Morgan fingerprint density at radius 1 is 1.43 bits per heavy atom. The minimum atomic E-state index is 0.0603. The highest BCUT2D eigenvalue weighted by atomic mass is 16.7. The van der Waals surface area contributed by atoms with Crippen molar-refractivity contribution in [3.63, 3.8) is 0 Å². The Labute approximate surface area is 84.8 Å². The van der Waals surface area contributed by atoms with Gasteiger partial charge in [0.25, 0.3) is 0 Å². The molecule has 1 aromatic carbocycles. The number of hydrogen-bond acceptors (Lipinski definition) is 3. The van der Waals surface area contributed by atoms with Crippen LogP contribution in [0.1, 0.15) is 24.1 Å². The Kier molecular flexibility index (Phi) is 3.92. The molecule has 3 heteroatoms. The van der Waals surface area contributed by atoms with Crippen LogP contribution in [-0.2, 0) is 4.74 Å². The van der Waals surface area contributed by atoms with Gasteiger partial charge in [-0.15, -0.1) is 0 Å². The van der Waals surface area contributed by atoms with E-state index in [1.165, 1.54) is 0 Å². The molecule has 0 spiro atoms. The van der Waals surface area contributed by atoms with Gasteiger partial charge in [0.15, 0.2) is 6.79 Å². The van der Waals surface area contributed by atoms with Gasteiger partial charge >= 0.3 is 0 Å². The molecule has 0 fully saturated rings. The fourth-order valence-electron chi connectivity index (χ4n) is 1.24. The number of rotatable bonds is 4. The van der Waals surface area contributed by atoms with Gasteiger partial charge in [-0.1, -0.05) is 12.1 Å². The van der Waals surface area contributed by atoms with E-state index < -0.39 is 0 Å². The first kappa shape index (κ1) is 11.0. The van der Waals surface area contributed by atoms with Crippen LogP contribution < -0.4 is 10.5 Å². The van der Waals surface area contributed by atoms with Crippen LogP contribution in [0.2, 0.25) is 0 Å². The SMILES string of the molecule is COCOc1ccc([C@@H](C)N)cc1C. The Balaban J connectivity index is 2.79. The van der Waals surface area contributed by atoms with Gasteiger partial charge in [0.2, 0.25) is 0 Å². The molecule has 78 valence electrons. The summed E-state index contributed by atoms with van der Waals surface area (Å²) >= 11 is 0. The molecule has 1 rings (SSSR count). The van der Waals surface area contributed by atoms with E-state index in [-0.39, 0.29) is 12.8 Å². The van der Waals surface area contributed by atoms with Crippen molar-refractivity contribution in [3.8, 4) is 5.75 Å². The molecule has 0 radical (unpaired) electrons. The molecule has 0 bridgehead atoms. The zero-order valence-corrected chi connectivity index (χ0v) is 8.91. The van der Waals surface area contributed by atoms with Gasteiger partial charge in [-0.05, 0) is 31.0 Å². The van der Waals surface area contributed by atoms with Gasteiger partial charge < -0.3 is 15.2 Å². The lowest BCUT2D eigenvalue weighted by Crippen LogP contribution is -2.06. The number of benzene rings is 1. The molecule has 0 saturated heterocycles. The van der Waals surface area contributed by atoms with Crippen molar-refractivity contribution in [2.24, 2.45) is 5.73 Å². The second-order valence-corrected chi connectivity index (χ2v) is 3.36. The summed E-state index contributed by atoms with van der Waals surface area (Å²) in [5, 5.41) is 0. The van der Waals surface area contributed by atoms with Crippen molar-refractivity contribution in [2.45, 2.75) is 19.9 Å². The third-order valence-electron chi connectivity index (χ3n) is 2.06. The molecule has 0 amide bonds. The first-order valence-electron chi connectivity index (χ1n) is 4.63. The molecule has 0 unspecified atom stereocenters. The van der Waals surface area contributed by atoms with E-state index in [1.54, 1.807) is 7.11 Å². The van der Waals surface area contributed by atoms with E-state index in [1.807, 2.05) is 32.0 Å². The summed E-state index contributed by atoms with van der Waals surface area (Å²) < 4.78 is 10.2. The lowest BCUT2D eigenvalue weighted by Gasteiger charge is -2.11. The zero-order chi connectivity index (χ0) is 10.6. The van der Waals surface area contributed by atoms with E-state index in [0.29, 0.717) is 0 Å². The quantitative estimate of drug-likeness (QED) is 0.747. The molecule has 1 atom stereocenters. The van der Waals surface area contributed by atoms with Crippen LogP contribution in [0.4, 0.5) is 0 Å². The molecule has 3 nitrogen and oxygen atoms in total. The van der Waals surface area contributed by atoms with Gasteiger partial charge in [-0.3, -0.25) is 0 Å². The number of nitrogens with two attached hydrogens (primary N) is 1. The third-order valence-corrected chi connectivity index (χ3v) is 2.06. The summed E-state index contributed by atoms with van der Waals surface area (Å²) in [4.78, 5) is 0. The number of ether oxygens (including phenoxy) is 2. The van der Waals surface area contributed by atoms with E-state index in [2.05, 4.69) is 0 Å². The average Bonchev–Trinajstić information content (AvgIpc) is 2.15. The normalized spacial score (nSPS) is 12.6. The van der Waals surface area contributed by atoms with Crippen LogP contribution in [0.25, 0.3) is 0 Å². The summed E-state index contributed by atoms with van der Waals surface area (Å²) in [6, 6.07) is 6.00. The minimum absolute atomic E-state index is 0.0603. The van der Waals surface area contributed by atoms with Crippen molar-refractivity contribution in [2.75, 3.05) is 13.9 Å². The molecule has 0 aromatic heterocycles. The van der Waals surface area contributed by atoms with Gasteiger partial charge in [0.05, 0.1) is 0 Å². The maximum atomic E-state index is 5.77. The summed E-state index contributed by atoms with van der Waals surface area (Å²) in [5.74, 6) is 0.844. The standard InChI is InChI=1S/C11H17NO2/c1-8-6-10(9(2)12)4-5-11(8)14-7-13-3/h4-6,9H,7,12H2,1-3H3/t9-/m1/s1. The summed E-state index contributed by atoms with van der Waals surface area (Å²) in [6.07, 6.45) is 0. The largest absolute Gasteiger partial charge is 0.467 e. The van der Waals surface area contributed by atoms with E-state index in [4.69, 9.17) is 15.2 Å². The van der Waals surface area contributed by atoms with E-state index in [9.17, 15) is 0 Å². The maximum Gasteiger partial charge on any atom is 0.188 e. The van der Waals surface area contributed by atoms with Gasteiger partial charge in [-0.25, -0.2) is 0 Å².